The Balaban J connectivity index is 2.34. The Kier molecular flexibility index (Phi) is 4.29. The molecule has 0 spiro atoms. The first kappa shape index (κ1) is 16.7. The molecule has 0 saturated carbocycles. The Hall–Kier alpha value is -3.12. The Morgan fingerprint density at radius 3 is 2.16 bits per heavy atom. The molecule has 0 unspecified atom stereocenters. The standard InChI is InChI=1S/C22H21N3/c1-13-5-8-17(9-6-13)21-16(4)20(19(12-23)22(24)25-21)18-10-7-14(2)11-15(18)3/h5-11H,1-4H3,(H2,24,25). The first-order chi connectivity index (χ1) is 11.9. The summed E-state index contributed by atoms with van der Waals surface area (Å²) in [6, 6.07) is 16.7. The van der Waals surface area contributed by atoms with E-state index in [-0.39, 0.29) is 5.82 Å². The van der Waals surface area contributed by atoms with Crippen molar-refractivity contribution in [3.05, 3.63) is 70.3 Å². The van der Waals surface area contributed by atoms with Gasteiger partial charge in [-0.05, 0) is 44.4 Å². The van der Waals surface area contributed by atoms with Gasteiger partial charge in [0.2, 0.25) is 0 Å². The third-order valence-corrected chi connectivity index (χ3v) is 4.56. The number of rotatable bonds is 2. The summed E-state index contributed by atoms with van der Waals surface area (Å²) >= 11 is 0. The second kappa shape index (κ2) is 6.41. The summed E-state index contributed by atoms with van der Waals surface area (Å²) in [7, 11) is 0. The van der Waals surface area contributed by atoms with Crippen LogP contribution in [0.5, 0.6) is 0 Å². The van der Waals surface area contributed by atoms with Crippen LogP contribution in [0.25, 0.3) is 22.4 Å². The fraction of sp³-hybridized carbons (Fsp3) is 0.182. The monoisotopic (exact) mass is 327 g/mol. The molecule has 3 aromatic rings. The summed E-state index contributed by atoms with van der Waals surface area (Å²) in [5.41, 5.74) is 14.8. The number of nitrogen functional groups attached to an aromatic ring is 1. The highest BCUT2D eigenvalue weighted by Gasteiger charge is 2.19. The zero-order valence-electron chi connectivity index (χ0n) is 15.0. The van der Waals surface area contributed by atoms with Crippen LogP contribution < -0.4 is 5.73 Å². The Labute approximate surface area is 148 Å². The molecule has 3 nitrogen and oxygen atoms in total. The van der Waals surface area contributed by atoms with Crippen LogP contribution in [0.15, 0.2) is 42.5 Å². The lowest BCUT2D eigenvalue weighted by Gasteiger charge is -2.17. The van der Waals surface area contributed by atoms with Gasteiger partial charge in [-0.2, -0.15) is 5.26 Å². The Morgan fingerprint density at radius 2 is 1.56 bits per heavy atom. The maximum Gasteiger partial charge on any atom is 0.142 e. The van der Waals surface area contributed by atoms with Crippen molar-refractivity contribution in [1.82, 2.24) is 4.98 Å². The van der Waals surface area contributed by atoms with Gasteiger partial charge in [0.15, 0.2) is 0 Å². The minimum atomic E-state index is 0.277. The molecule has 0 saturated heterocycles. The number of hydrogen-bond acceptors (Lipinski definition) is 3. The second-order valence-corrected chi connectivity index (χ2v) is 6.52. The number of anilines is 1. The molecule has 1 aromatic heterocycles. The van der Waals surface area contributed by atoms with Crippen LogP contribution in [0.1, 0.15) is 27.8 Å². The third-order valence-electron chi connectivity index (χ3n) is 4.56. The average molecular weight is 327 g/mol. The SMILES string of the molecule is Cc1ccc(-c2nc(N)c(C#N)c(-c3ccc(C)cc3C)c2C)cc1. The molecule has 1 heterocycles. The van der Waals surface area contributed by atoms with Crippen molar-refractivity contribution in [1.29, 1.82) is 5.26 Å². The highest BCUT2D eigenvalue weighted by atomic mass is 14.9. The maximum atomic E-state index is 9.66. The summed E-state index contributed by atoms with van der Waals surface area (Å²) in [6.45, 7) is 8.19. The molecule has 0 aliphatic heterocycles. The van der Waals surface area contributed by atoms with Gasteiger partial charge in [-0.15, -0.1) is 0 Å². The van der Waals surface area contributed by atoms with Crippen LogP contribution in [-0.4, -0.2) is 4.98 Å². The number of benzene rings is 2. The Morgan fingerprint density at radius 1 is 0.920 bits per heavy atom. The van der Waals surface area contributed by atoms with Crippen LogP contribution in [0, 0.1) is 39.0 Å². The zero-order chi connectivity index (χ0) is 18.1. The van der Waals surface area contributed by atoms with Crippen LogP contribution in [0.3, 0.4) is 0 Å². The van der Waals surface area contributed by atoms with Crippen molar-refractivity contribution < 1.29 is 0 Å². The van der Waals surface area contributed by atoms with Gasteiger partial charge >= 0.3 is 0 Å². The summed E-state index contributed by atoms with van der Waals surface area (Å²) in [5, 5.41) is 9.66. The molecule has 3 rings (SSSR count). The van der Waals surface area contributed by atoms with Gasteiger partial charge < -0.3 is 5.73 Å². The highest BCUT2D eigenvalue weighted by Crippen LogP contribution is 2.37. The molecule has 2 N–H and O–H groups in total. The first-order valence-corrected chi connectivity index (χ1v) is 8.27. The van der Waals surface area contributed by atoms with E-state index in [0.717, 1.165) is 33.5 Å². The second-order valence-electron chi connectivity index (χ2n) is 6.52. The van der Waals surface area contributed by atoms with Crippen LogP contribution in [-0.2, 0) is 0 Å². The maximum absolute atomic E-state index is 9.66. The molecule has 0 fully saturated rings. The van der Waals surface area contributed by atoms with Crippen molar-refractivity contribution in [2.45, 2.75) is 27.7 Å². The van der Waals surface area contributed by atoms with Crippen molar-refractivity contribution in [2.24, 2.45) is 0 Å². The molecule has 0 atom stereocenters. The molecule has 0 amide bonds. The van der Waals surface area contributed by atoms with E-state index < -0.39 is 0 Å². The fourth-order valence-electron chi connectivity index (χ4n) is 3.23. The summed E-state index contributed by atoms with van der Waals surface area (Å²) in [5.74, 6) is 0.277. The molecular weight excluding hydrogens is 306 g/mol. The average Bonchev–Trinajstić information content (AvgIpc) is 2.58. The number of aromatic nitrogens is 1. The molecular formula is C22H21N3. The normalized spacial score (nSPS) is 10.5. The van der Waals surface area contributed by atoms with Crippen LogP contribution in [0.2, 0.25) is 0 Å². The lowest BCUT2D eigenvalue weighted by Crippen LogP contribution is -2.04. The molecule has 3 heteroatoms. The molecule has 0 radical (unpaired) electrons. The minimum absolute atomic E-state index is 0.277. The smallest absolute Gasteiger partial charge is 0.142 e. The number of nitrogens with zero attached hydrogens (tertiary/aromatic N) is 2. The van der Waals surface area contributed by atoms with E-state index in [4.69, 9.17) is 5.73 Å². The van der Waals surface area contributed by atoms with Gasteiger partial charge in [0.1, 0.15) is 17.5 Å². The number of pyridine rings is 1. The molecule has 25 heavy (non-hydrogen) atoms. The van der Waals surface area contributed by atoms with E-state index in [2.05, 4.69) is 62.2 Å². The number of hydrogen-bond donors (Lipinski definition) is 1. The summed E-state index contributed by atoms with van der Waals surface area (Å²) in [4.78, 5) is 4.53. The third kappa shape index (κ3) is 2.99. The molecule has 2 aromatic carbocycles. The Bertz CT molecular complexity index is 993. The zero-order valence-corrected chi connectivity index (χ0v) is 15.0. The van der Waals surface area contributed by atoms with E-state index in [1.165, 1.54) is 11.1 Å². The van der Waals surface area contributed by atoms with Gasteiger partial charge in [0, 0.05) is 11.1 Å². The minimum Gasteiger partial charge on any atom is -0.383 e. The molecule has 0 bridgehead atoms. The van der Waals surface area contributed by atoms with Crippen LogP contribution >= 0.6 is 0 Å². The van der Waals surface area contributed by atoms with Crippen LogP contribution in [0.4, 0.5) is 5.82 Å². The fourth-order valence-corrected chi connectivity index (χ4v) is 3.23. The topological polar surface area (TPSA) is 62.7 Å². The van der Waals surface area contributed by atoms with Gasteiger partial charge in [0.05, 0.1) is 5.69 Å². The number of nitriles is 1. The van der Waals surface area contributed by atoms with E-state index in [0.29, 0.717) is 5.56 Å². The first-order valence-electron chi connectivity index (χ1n) is 8.27. The van der Waals surface area contributed by atoms with E-state index in [1.54, 1.807) is 0 Å². The van der Waals surface area contributed by atoms with E-state index >= 15 is 0 Å². The van der Waals surface area contributed by atoms with Crippen molar-refractivity contribution >= 4 is 5.82 Å². The van der Waals surface area contributed by atoms with Crippen molar-refractivity contribution in [2.75, 3.05) is 5.73 Å². The summed E-state index contributed by atoms with van der Waals surface area (Å²) < 4.78 is 0. The lowest BCUT2D eigenvalue weighted by molar-refractivity contribution is 1.25. The summed E-state index contributed by atoms with van der Waals surface area (Å²) in [6.07, 6.45) is 0. The number of aryl methyl sites for hydroxylation is 3. The van der Waals surface area contributed by atoms with E-state index in [1.807, 2.05) is 19.1 Å². The van der Waals surface area contributed by atoms with E-state index in [9.17, 15) is 5.26 Å². The van der Waals surface area contributed by atoms with Crippen molar-refractivity contribution in [3.63, 3.8) is 0 Å². The largest absolute Gasteiger partial charge is 0.383 e. The predicted octanol–water partition coefficient (Wildman–Crippen LogP) is 5.10. The van der Waals surface area contributed by atoms with Gasteiger partial charge in [-0.3, -0.25) is 0 Å². The number of nitrogens with two attached hydrogens (primary N) is 1. The van der Waals surface area contributed by atoms with Gasteiger partial charge in [0.25, 0.3) is 0 Å². The predicted molar refractivity (Wildman–Crippen MR) is 103 cm³/mol. The lowest BCUT2D eigenvalue weighted by atomic mass is 9.90. The highest BCUT2D eigenvalue weighted by molar-refractivity contribution is 5.85. The van der Waals surface area contributed by atoms with Gasteiger partial charge in [-0.1, -0.05) is 53.6 Å². The van der Waals surface area contributed by atoms with Crippen molar-refractivity contribution in [3.8, 4) is 28.5 Å². The quantitative estimate of drug-likeness (QED) is 0.712. The van der Waals surface area contributed by atoms with Gasteiger partial charge in [-0.25, -0.2) is 4.98 Å². The molecule has 0 aliphatic carbocycles. The molecule has 124 valence electrons. The molecule has 0 aliphatic rings.